The number of anilines is 1. The number of nitrogens with zero attached hydrogens (tertiary/aromatic N) is 2. The first-order valence-electron chi connectivity index (χ1n) is 4.34. The minimum Gasteiger partial charge on any atom is -0.253 e. The Bertz CT molecular complexity index is 443. The van der Waals surface area contributed by atoms with E-state index in [4.69, 9.17) is 11.6 Å². The van der Waals surface area contributed by atoms with Crippen LogP contribution in [0.25, 0.3) is 0 Å². The standard InChI is InChI=1S/C7H9ClN4O2S/c8-6-3-4-7(10-9-6)12-15(13,14)11-5-1-2-5/h3-5,11H,1-2H2,(H,10,12). The van der Waals surface area contributed by atoms with Crippen LogP contribution in [0.2, 0.25) is 5.15 Å². The highest BCUT2D eigenvalue weighted by molar-refractivity contribution is 7.90. The van der Waals surface area contributed by atoms with E-state index in [-0.39, 0.29) is 17.0 Å². The summed E-state index contributed by atoms with van der Waals surface area (Å²) < 4.78 is 27.5. The van der Waals surface area contributed by atoms with Gasteiger partial charge in [0, 0.05) is 6.04 Å². The van der Waals surface area contributed by atoms with Crippen LogP contribution >= 0.6 is 11.6 Å². The van der Waals surface area contributed by atoms with Crippen molar-refractivity contribution in [3.05, 3.63) is 17.3 Å². The van der Waals surface area contributed by atoms with Gasteiger partial charge >= 0.3 is 10.2 Å². The summed E-state index contributed by atoms with van der Waals surface area (Å²) in [5, 5.41) is 7.31. The maximum absolute atomic E-state index is 11.4. The Kier molecular flexibility index (Phi) is 2.76. The van der Waals surface area contributed by atoms with Gasteiger partial charge in [0.15, 0.2) is 11.0 Å². The lowest BCUT2D eigenvalue weighted by Gasteiger charge is -2.06. The molecule has 82 valence electrons. The quantitative estimate of drug-likeness (QED) is 0.815. The number of hydrogen-bond acceptors (Lipinski definition) is 4. The number of halogens is 1. The first kappa shape index (κ1) is 10.6. The van der Waals surface area contributed by atoms with Gasteiger partial charge in [-0.25, -0.2) is 0 Å². The molecule has 6 nitrogen and oxygen atoms in total. The Balaban J connectivity index is 2.03. The minimum absolute atomic E-state index is 0.0581. The maximum Gasteiger partial charge on any atom is 0.300 e. The van der Waals surface area contributed by atoms with Crippen LogP contribution in [-0.2, 0) is 10.2 Å². The number of rotatable bonds is 4. The third kappa shape index (κ3) is 3.29. The SMILES string of the molecule is O=S(=O)(Nc1ccc(Cl)nn1)NC1CC1. The smallest absolute Gasteiger partial charge is 0.253 e. The van der Waals surface area contributed by atoms with E-state index in [9.17, 15) is 8.42 Å². The zero-order valence-electron chi connectivity index (χ0n) is 7.64. The van der Waals surface area contributed by atoms with Crippen molar-refractivity contribution in [2.75, 3.05) is 4.72 Å². The van der Waals surface area contributed by atoms with Crippen molar-refractivity contribution in [1.29, 1.82) is 0 Å². The average Bonchev–Trinajstić information content (AvgIpc) is 2.91. The highest BCUT2D eigenvalue weighted by atomic mass is 35.5. The summed E-state index contributed by atoms with van der Waals surface area (Å²) in [6, 6.07) is 2.97. The van der Waals surface area contributed by atoms with Crippen LogP contribution in [0, 0.1) is 0 Å². The van der Waals surface area contributed by atoms with Gasteiger partial charge in [0.05, 0.1) is 0 Å². The second-order valence-corrected chi connectivity index (χ2v) is 5.07. The van der Waals surface area contributed by atoms with E-state index < -0.39 is 10.2 Å². The van der Waals surface area contributed by atoms with Crippen molar-refractivity contribution in [2.24, 2.45) is 0 Å². The summed E-state index contributed by atoms with van der Waals surface area (Å²) in [7, 11) is -3.53. The van der Waals surface area contributed by atoms with Crippen molar-refractivity contribution in [1.82, 2.24) is 14.9 Å². The van der Waals surface area contributed by atoms with Crippen molar-refractivity contribution in [3.63, 3.8) is 0 Å². The van der Waals surface area contributed by atoms with Gasteiger partial charge in [-0.2, -0.15) is 13.1 Å². The molecule has 1 aromatic rings. The Morgan fingerprint density at radius 2 is 2.07 bits per heavy atom. The predicted octanol–water partition coefficient (Wildman–Crippen LogP) is 0.539. The molecule has 1 fully saturated rings. The van der Waals surface area contributed by atoms with E-state index in [0.29, 0.717) is 0 Å². The molecular weight excluding hydrogens is 240 g/mol. The van der Waals surface area contributed by atoms with Crippen LogP contribution in [0.3, 0.4) is 0 Å². The minimum atomic E-state index is -3.53. The molecule has 15 heavy (non-hydrogen) atoms. The lowest BCUT2D eigenvalue weighted by molar-refractivity contribution is 0.586. The Labute approximate surface area is 92.2 Å². The van der Waals surface area contributed by atoms with Gasteiger partial charge in [-0.15, -0.1) is 10.2 Å². The third-order valence-electron chi connectivity index (χ3n) is 1.77. The Hall–Kier alpha value is -0.920. The summed E-state index contributed by atoms with van der Waals surface area (Å²) in [6.07, 6.45) is 1.76. The molecule has 0 atom stereocenters. The zero-order valence-corrected chi connectivity index (χ0v) is 9.22. The van der Waals surface area contributed by atoms with Gasteiger partial charge in [0.25, 0.3) is 0 Å². The van der Waals surface area contributed by atoms with E-state index in [1.165, 1.54) is 12.1 Å². The van der Waals surface area contributed by atoms with E-state index >= 15 is 0 Å². The van der Waals surface area contributed by atoms with Crippen LogP contribution in [0.15, 0.2) is 12.1 Å². The first-order valence-corrected chi connectivity index (χ1v) is 6.20. The molecule has 0 aliphatic heterocycles. The molecular formula is C7H9ClN4O2S. The van der Waals surface area contributed by atoms with E-state index in [2.05, 4.69) is 19.6 Å². The van der Waals surface area contributed by atoms with Crippen LogP contribution in [-0.4, -0.2) is 24.7 Å². The molecule has 1 heterocycles. The lowest BCUT2D eigenvalue weighted by atomic mass is 10.5. The van der Waals surface area contributed by atoms with E-state index in [1.807, 2.05) is 0 Å². The molecule has 0 bridgehead atoms. The molecule has 0 spiro atoms. The summed E-state index contributed by atoms with van der Waals surface area (Å²) >= 11 is 5.51. The first-order chi connectivity index (χ1) is 7.05. The maximum atomic E-state index is 11.4. The normalized spacial score (nSPS) is 16.3. The van der Waals surface area contributed by atoms with Crippen molar-refractivity contribution >= 4 is 27.6 Å². The zero-order chi connectivity index (χ0) is 10.9. The van der Waals surface area contributed by atoms with E-state index in [0.717, 1.165) is 12.8 Å². The van der Waals surface area contributed by atoms with Crippen molar-refractivity contribution in [2.45, 2.75) is 18.9 Å². The molecule has 0 amide bonds. The molecule has 0 unspecified atom stereocenters. The molecule has 1 aliphatic carbocycles. The molecule has 2 N–H and O–H groups in total. The van der Waals surface area contributed by atoms with Crippen molar-refractivity contribution < 1.29 is 8.42 Å². The average molecular weight is 249 g/mol. The second-order valence-electron chi connectivity index (χ2n) is 3.24. The predicted molar refractivity (Wildman–Crippen MR) is 55.7 cm³/mol. The van der Waals surface area contributed by atoms with Gasteiger partial charge in [-0.3, -0.25) is 4.72 Å². The number of hydrogen-bond donors (Lipinski definition) is 2. The van der Waals surface area contributed by atoms with Crippen LogP contribution in [0.4, 0.5) is 5.82 Å². The fourth-order valence-corrected chi connectivity index (χ4v) is 2.18. The van der Waals surface area contributed by atoms with Gasteiger partial charge in [-0.05, 0) is 25.0 Å². The summed E-state index contributed by atoms with van der Waals surface area (Å²) in [6.45, 7) is 0. The van der Waals surface area contributed by atoms with Gasteiger partial charge in [0.1, 0.15) is 0 Å². The fourth-order valence-electron chi connectivity index (χ4n) is 0.958. The van der Waals surface area contributed by atoms with Crippen LogP contribution in [0.1, 0.15) is 12.8 Å². The molecule has 1 aromatic heterocycles. The second kappa shape index (κ2) is 3.92. The number of aromatic nitrogens is 2. The molecule has 8 heteroatoms. The van der Waals surface area contributed by atoms with Crippen LogP contribution < -0.4 is 9.44 Å². The summed E-state index contributed by atoms with van der Waals surface area (Å²) in [4.78, 5) is 0. The number of nitrogens with one attached hydrogen (secondary N) is 2. The monoisotopic (exact) mass is 248 g/mol. The molecule has 1 aliphatic rings. The third-order valence-corrected chi connectivity index (χ3v) is 3.09. The summed E-state index contributed by atoms with van der Waals surface area (Å²) in [5.41, 5.74) is 0. The topological polar surface area (TPSA) is 84.0 Å². The molecule has 0 saturated heterocycles. The van der Waals surface area contributed by atoms with Gasteiger partial charge in [0.2, 0.25) is 0 Å². The molecule has 0 aromatic carbocycles. The lowest BCUT2D eigenvalue weighted by Crippen LogP contribution is -2.32. The van der Waals surface area contributed by atoms with Gasteiger partial charge in [-0.1, -0.05) is 11.6 Å². The fraction of sp³-hybridized carbons (Fsp3) is 0.429. The highest BCUT2D eigenvalue weighted by Crippen LogP contribution is 2.20. The molecule has 2 rings (SSSR count). The van der Waals surface area contributed by atoms with Crippen LogP contribution in [0.5, 0.6) is 0 Å². The molecule has 1 saturated carbocycles. The van der Waals surface area contributed by atoms with Crippen molar-refractivity contribution in [3.8, 4) is 0 Å². The van der Waals surface area contributed by atoms with Gasteiger partial charge < -0.3 is 0 Å². The largest absolute Gasteiger partial charge is 0.300 e. The highest BCUT2D eigenvalue weighted by Gasteiger charge is 2.26. The van der Waals surface area contributed by atoms with E-state index in [1.54, 1.807) is 0 Å². The molecule has 0 radical (unpaired) electrons. The Morgan fingerprint density at radius 1 is 1.33 bits per heavy atom. The Morgan fingerprint density at radius 3 is 2.60 bits per heavy atom. The summed E-state index contributed by atoms with van der Waals surface area (Å²) in [5.74, 6) is 0.146.